The molecule has 0 unspecified atom stereocenters. The molecule has 4 rings (SSSR count). The minimum absolute atomic E-state index is 0.0108. The summed E-state index contributed by atoms with van der Waals surface area (Å²) in [7, 11) is 0. The molecule has 2 amide bonds. The summed E-state index contributed by atoms with van der Waals surface area (Å²) in [5.41, 5.74) is 2.92. The van der Waals surface area contributed by atoms with Crippen LogP contribution in [0.4, 0.5) is 0 Å². The predicted octanol–water partition coefficient (Wildman–Crippen LogP) is 4.03. The first-order valence-corrected chi connectivity index (χ1v) is 10.3. The number of hydrogen-bond acceptors (Lipinski definition) is 2. The zero-order valence-corrected chi connectivity index (χ0v) is 16.8. The third kappa shape index (κ3) is 4.07. The van der Waals surface area contributed by atoms with Crippen molar-refractivity contribution in [1.82, 2.24) is 10.2 Å². The van der Waals surface area contributed by atoms with Crippen molar-refractivity contribution in [3.05, 3.63) is 70.2 Å². The molecule has 1 aliphatic heterocycles. The normalized spacial score (nSPS) is 21.6. The minimum atomic E-state index is -0.226. The number of nitrogens with one attached hydrogen (secondary N) is 1. The number of hydrogen-bond donors (Lipinski definition) is 1. The summed E-state index contributed by atoms with van der Waals surface area (Å²) in [5, 5.41) is 3.72. The molecule has 1 saturated carbocycles. The third-order valence-corrected chi connectivity index (χ3v) is 6.14. The van der Waals surface area contributed by atoms with E-state index in [4.69, 9.17) is 11.6 Å². The first-order valence-electron chi connectivity index (χ1n) is 9.91. The molecule has 1 aliphatic carbocycles. The molecule has 2 aliphatic rings. The Kier molecular flexibility index (Phi) is 5.40. The summed E-state index contributed by atoms with van der Waals surface area (Å²) in [6.07, 6.45) is 2.40. The Hall–Kier alpha value is -2.33. The smallest absolute Gasteiger partial charge is 0.253 e. The number of halogens is 1. The van der Waals surface area contributed by atoms with E-state index >= 15 is 0 Å². The predicted molar refractivity (Wildman–Crippen MR) is 110 cm³/mol. The van der Waals surface area contributed by atoms with Crippen LogP contribution in [0.1, 0.15) is 40.2 Å². The van der Waals surface area contributed by atoms with Crippen molar-refractivity contribution in [3.8, 4) is 0 Å². The van der Waals surface area contributed by atoms with Gasteiger partial charge >= 0.3 is 0 Å². The highest BCUT2D eigenvalue weighted by Crippen LogP contribution is 2.36. The summed E-state index contributed by atoms with van der Waals surface area (Å²) in [6, 6.07) is 15.1. The van der Waals surface area contributed by atoms with Crippen molar-refractivity contribution < 1.29 is 9.59 Å². The van der Waals surface area contributed by atoms with Crippen molar-refractivity contribution in [3.63, 3.8) is 0 Å². The van der Waals surface area contributed by atoms with Crippen LogP contribution in [0.15, 0.2) is 48.5 Å². The highest BCUT2D eigenvalue weighted by atomic mass is 35.5. The fraction of sp³-hybridized carbons (Fsp3) is 0.391. The maximum Gasteiger partial charge on any atom is 0.253 e. The van der Waals surface area contributed by atoms with Gasteiger partial charge in [-0.15, -0.1) is 0 Å². The second kappa shape index (κ2) is 7.96. The van der Waals surface area contributed by atoms with Gasteiger partial charge in [-0.05, 0) is 61.1 Å². The maximum absolute atomic E-state index is 13.0. The van der Waals surface area contributed by atoms with Gasteiger partial charge in [0, 0.05) is 36.1 Å². The van der Waals surface area contributed by atoms with E-state index in [1.807, 2.05) is 17.0 Å². The molecule has 4 nitrogen and oxygen atoms in total. The van der Waals surface area contributed by atoms with E-state index in [1.165, 1.54) is 12.8 Å². The molecule has 2 atom stereocenters. The van der Waals surface area contributed by atoms with Crippen molar-refractivity contribution in [1.29, 1.82) is 0 Å². The molecule has 0 bridgehead atoms. The molecule has 0 spiro atoms. The molecule has 2 aromatic rings. The number of rotatable bonds is 5. The maximum atomic E-state index is 13.0. The zero-order chi connectivity index (χ0) is 19.7. The summed E-state index contributed by atoms with van der Waals surface area (Å²) >= 11 is 5.95. The van der Waals surface area contributed by atoms with Crippen LogP contribution in [0.2, 0.25) is 5.02 Å². The number of carbonyl (C=O) groups excluding carboxylic acids is 2. The van der Waals surface area contributed by atoms with Gasteiger partial charge in [0.2, 0.25) is 5.91 Å². The number of carbonyl (C=O) groups is 2. The van der Waals surface area contributed by atoms with Crippen molar-refractivity contribution in [2.24, 2.45) is 11.8 Å². The lowest BCUT2D eigenvalue weighted by Crippen LogP contribution is -2.36. The van der Waals surface area contributed by atoms with Gasteiger partial charge in [0.25, 0.3) is 5.91 Å². The van der Waals surface area contributed by atoms with Gasteiger partial charge in [-0.3, -0.25) is 9.59 Å². The number of likely N-dealkylation sites (tertiary alicyclic amines) is 1. The second-order valence-electron chi connectivity index (χ2n) is 7.98. The second-order valence-corrected chi connectivity index (χ2v) is 8.41. The number of amides is 2. The van der Waals surface area contributed by atoms with Gasteiger partial charge in [-0.2, -0.15) is 0 Å². The van der Waals surface area contributed by atoms with E-state index in [1.54, 1.807) is 24.3 Å². The molecule has 28 heavy (non-hydrogen) atoms. The van der Waals surface area contributed by atoms with Gasteiger partial charge in [0.15, 0.2) is 0 Å². The lowest BCUT2D eigenvalue weighted by atomic mass is 9.86. The van der Waals surface area contributed by atoms with E-state index in [-0.39, 0.29) is 23.7 Å². The zero-order valence-electron chi connectivity index (χ0n) is 16.0. The Morgan fingerprint density at radius 3 is 2.46 bits per heavy atom. The number of nitrogens with zero attached hydrogens (tertiary/aromatic N) is 1. The molecular formula is C23H25ClN2O2. The Labute approximate surface area is 170 Å². The van der Waals surface area contributed by atoms with E-state index in [0.29, 0.717) is 29.6 Å². The molecule has 0 radical (unpaired) electrons. The van der Waals surface area contributed by atoms with Crippen molar-refractivity contribution in [2.75, 3.05) is 19.6 Å². The number of aryl methyl sites for hydroxylation is 1. The first-order chi connectivity index (χ1) is 13.5. The van der Waals surface area contributed by atoms with E-state index in [9.17, 15) is 9.59 Å². The van der Waals surface area contributed by atoms with E-state index in [2.05, 4.69) is 24.4 Å². The monoisotopic (exact) mass is 396 g/mol. The average molecular weight is 397 g/mol. The van der Waals surface area contributed by atoms with Crippen LogP contribution in [0, 0.1) is 18.8 Å². The van der Waals surface area contributed by atoms with Crippen LogP contribution in [-0.2, 0) is 4.79 Å². The number of benzene rings is 2. The average Bonchev–Trinajstić information content (AvgIpc) is 3.43. The molecule has 1 N–H and O–H groups in total. The minimum Gasteiger partial charge on any atom is -0.356 e. The van der Waals surface area contributed by atoms with Crippen molar-refractivity contribution in [2.45, 2.75) is 25.7 Å². The summed E-state index contributed by atoms with van der Waals surface area (Å²) < 4.78 is 0. The lowest BCUT2D eigenvalue weighted by molar-refractivity contribution is -0.125. The summed E-state index contributed by atoms with van der Waals surface area (Å²) in [6.45, 7) is 3.81. The molecule has 1 saturated heterocycles. The lowest BCUT2D eigenvalue weighted by Gasteiger charge is -2.20. The Morgan fingerprint density at radius 2 is 1.79 bits per heavy atom. The third-order valence-electron chi connectivity index (χ3n) is 5.88. The molecular weight excluding hydrogens is 372 g/mol. The van der Waals surface area contributed by atoms with Crippen LogP contribution in [0.25, 0.3) is 0 Å². The van der Waals surface area contributed by atoms with Crippen LogP contribution in [0.3, 0.4) is 0 Å². The Morgan fingerprint density at radius 1 is 1.07 bits per heavy atom. The molecule has 2 aromatic carbocycles. The topological polar surface area (TPSA) is 49.4 Å². The first kappa shape index (κ1) is 19.0. The standard InChI is InChI=1S/C23H25ClN2O2/c1-15-4-2-3-5-19(15)20-13-26(23(28)17-8-10-18(24)11-9-17)14-21(20)22(27)25-12-16-6-7-16/h2-5,8-11,16,20-21H,6-7,12-14H2,1H3,(H,25,27)/t20-,21-/m1/s1. The van der Waals surface area contributed by atoms with Crippen LogP contribution in [-0.4, -0.2) is 36.3 Å². The molecule has 5 heteroatoms. The SMILES string of the molecule is Cc1ccccc1[C@H]1CN(C(=O)c2ccc(Cl)cc2)C[C@H]1C(=O)NCC1CC1. The van der Waals surface area contributed by atoms with E-state index < -0.39 is 0 Å². The molecule has 2 fully saturated rings. The van der Waals surface area contributed by atoms with Gasteiger partial charge < -0.3 is 10.2 Å². The van der Waals surface area contributed by atoms with Gasteiger partial charge in [0.1, 0.15) is 0 Å². The summed E-state index contributed by atoms with van der Waals surface area (Å²) in [4.78, 5) is 27.8. The highest BCUT2D eigenvalue weighted by molar-refractivity contribution is 6.30. The Bertz CT molecular complexity index is 876. The van der Waals surface area contributed by atoms with Gasteiger partial charge in [-0.1, -0.05) is 35.9 Å². The quantitative estimate of drug-likeness (QED) is 0.829. The fourth-order valence-corrected chi connectivity index (χ4v) is 4.15. The van der Waals surface area contributed by atoms with Crippen LogP contribution < -0.4 is 5.32 Å². The fourth-order valence-electron chi connectivity index (χ4n) is 4.03. The Balaban J connectivity index is 1.56. The largest absolute Gasteiger partial charge is 0.356 e. The van der Waals surface area contributed by atoms with Crippen molar-refractivity contribution >= 4 is 23.4 Å². The van der Waals surface area contributed by atoms with Gasteiger partial charge in [0.05, 0.1) is 5.92 Å². The molecule has 1 heterocycles. The summed E-state index contributed by atoms with van der Waals surface area (Å²) in [5.74, 6) is 0.432. The van der Waals surface area contributed by atoms with Crippen LogP contribution in [0.5, 0.6) is 0 Å². The van der Waals surface area contributed by atoms with E-state index in [0.717, 1.165) is 17.7 Å². The van der Waals surface area contributed by atoms with Gasteiger partial charge in [-0.25, -0.2) is 0 Å². The molecule has 146 valence electrons. The highest BCUT2D eigenvalue weighted by Gasteiger charge is 2.41. The van der Waals surface area contributed by atoms with Crippen LogP contribution >= 0.6 is 11.6 Å². The molecule has 0 aromatic heterocycles.